The van der Waals surface area contributed by atoms with Crippen LogP contribution < -0.4 is 11.1 Å². The second-order valence-corrected chi connectivity index (χ2v) is 3.52. The number of nitrogens with two attached hydrogens (primary N) is 1. The van der Waals surface area contributed by atoms with Crippen LogP contribution >= 0.6 is 0 Å². The first-order chi connectivity index (χ1) is 8.74. The van der Waals surface area contributed by atoms with Gasteiger partial charge < -0.3 is 10.5 Å². The molecule has 3 N–H and O–H groups in total. The van der Waals surface area contributed by atoms with Crippen molar-refractivity contribution in [2.45, 2.75) is 6.61 Å². The average molecular weight is 244 g/mol. The summed E-state index contributed by atoms with van der Waals surface area (Å²) in [6.45, 7) is 0.211. The summed E-state index contributed by atoms with van der Waals surface area (Å²) in [5.74, 6) is 0.151. The van der Waals surface area contributed by atoms with Crippen molar-refractivity contribution in [3.8, 4) is 0 Å². The summed E-state index contributed by atoms with van der Waals surface area (Å²) in [5.41, 5.74) is 6.68. The number of hydrogen-bond donors (Lipinski definition) is 2. The van der Waals surface area contributed by atoms with Crippen molar-refractivity contribution < 1.29 is 9.53 Å². The van der Waals surface area contributed by atoms with Crippen LogP contribution in [-0.2, 0) is 11.3 Å². The van der Waals surface area contributed by atoms with Crippen LogP contribution in [0.15, 0.2) is 42.7 Å². The molecular formula is C12H12N4O2. The van der Waals surface area contributed by atoms with Crippen molar-refractivity contribution in [1.82, 2.24) is 9.97 Å². The summed E-state index contributed by atoms with van der Waals surface area (Å²) in [6.07, 6.45) is 2.25. The Kier molecular flexibility index (Phi) is 3.70. The Morgan fingerprint density at radius 2 is 1.89 bits per heavy atom. The molecule has 1 aromatic carbocycles. The highest BCUT2D eigenvalue weighted by molar-refractivity contribution is 5.84. The lowest BCUT2D eigenvalue weighted by Gasteiger charge is -2.06. The number of hydrogen-bond acceptors (Lipinski definition) is 5. The van der Waals surface area contributed by atoms with Crippen LogP contribution in [-0.4, -0.2) is 16.1 Å². The molecule has 18 heavy (non-hydrogen) atoms. The van der Waals surface area contributed by atoms with Gasteiger partial charge in [-0.2, -0.15) is 0 Å². The van der Waals surface area contributed by atoms with Crippen LogP contribution in [0.5, 0.6) is 0 Å². The number of nitrogens with zero attached hydrogens (tertiary/aromatic N) is 2. The molecule has 0 aliphatic heterocycles. The van der Waals surface area contributed by atoms with Crippen LogP contribution in [0.4, 0.5) is 16.4 Å². The van der Waals surface area contributed by atoms with Crippen LogP contribution in [0.1, 0.15) is 5.56 Å². The zero-order valence-corrected chi connectivity index (χ0v) is 9.54. The van der Waals surface area contributed by atoms with E-state index in [1.54, 1.807) is 0 Å². The monoisotopic (exact) mass is 244 g/mol. The number of amides is 1. The van der Waals surface area contributed by atoms with Gasteiger partial charge in [-0.25, -0.2) is 14.8 Å². The van der Waals surface area contributed by atoms with Gasteiger partial charge in [0.25, 0.3) is 0 Å². The summed E-state index contributed by atoms with van der Waals surface area (Å²) in [4.78, 5) is 18.9. The summed E-state index contributed by atoms with van der Waals surface area (Å²) >= 11 is 0. The number of carbonyl (C=O) groups excluding carboxylic acids is 1. The van der Waals surface area contributed by atoms with E-state index in [1.165, 1.54) is 12.4 Å². The Bertz CT molecular complexity index is 513. The zero-order chi connectivity index (χ0) is 12.8. The standard InChI is InChI=1S/C12H12N4O2/c13-11-14-6-10(7-15-11)16-12(17)18-8-9-4-2-1-3-5-9/h1-7H,8H2,(H,16,17)(H2,13,14,15). The molecule has 1 heterocycles. The quantitative estimate of drug-likeness (QED) is 0.859. The van der Waals surface area contributed by atoms with E-state index in [2.05, 4.69) is 15.3 Å². The molecule has 2 rings (SSSR count). The van der Waals surface area contributed by atoms with E-state index in [0.717, 1.165) is 5.56 Å². The average Bonchev–Trinajstić information content (AvgIpc) is 2.40. The number of benzene rings is 1. The first kappa shape index (κ1) is 11.8. The lowest BCUT2D eigenvalue weighted by molar-refractivity contribution is 0.155. The Morgan fingerprint density at radius 3 is 2.56 bits per heavy atom. The summed E-state index contributed by atoms with van der Waals surface area (Å²) in [7, 11) is 0. The molecule has 0 unspecified atom stereocenters. The Labute approximate surface area is 104 Å². The maximum atomic E-state index is 11.5. The van der Waals surface area contributed by atoms with Crippen molar-refractivity contribution in [2.75, 3.05) is 11.1 Å². The number of anilines is 2. The fourth-order valence-corrected chi connectivity index (χ4v) is 1.28. The Hall–Kier alpha value is -2.63. The third-order valence-corrected chi connectivity index (χ3v) is 2.13. The SMILES string of the molecule is Nc1ncc(NC(=O)OCc2ccccc2)cn1. The molecule has 92 valence electrons. The molecule has 1 aromatic heterocycles. The molecule has 0 atom stereocenters. The van der Waals surface area contributed by atoms with E-state index in [9.17, 15) is 4.79 Å². The minimum absolute atomic E-state index is 0.151. The Morgan fingerprint density at radius 1 is 1.22 bits per heavy atom. The first-order valence-electron chi connectivity index (χ1n) is 5.29. The Balaban J connectivity index is 1.84. The lowest BCUT2D eigenvalue weighted by atomic mass is 10.2. The molecule has 0 saturated heterocycles. The number of rotatable bonds is 3. The number of nitrogen functional groups attached to an aromatic ring is 1. The molecule has 2 aromatic rings. The molecule has 1 amide bonds. The fraction of sp³-hybridized carbons (Fsp3) is 0.0833. The molecule has 0 fully saturated rings. The third-order valence-electron chi connectivity index (χ3n) is 2.13. The lowest BCUT2D eigenvalue weighted by Crippen LogP contribution is -2.14. The van der Waals surface area contributed by atoms with Gasteiger partial charge in [-0.15, -0.1) is 0 Å². The largest absolute Gasteiger partial charge is 0.444 e. The van der Waals surface area contributed by atoms with Gasteiger partial charge in [0.15, 0.2) is 0 Å². The van der Waals surface area contributed by atoms with Gasteiger partial charge in [-0.3, -0.25) is 5.32 Å². The molecular weight excluding hydrogens is 232 g/mol. The zero-order valence-electron chi connectivity index (χ0n) is 9.54. The van der Waals surface area contributed by atoms with Gasteiger partial charge in [0.2, 0.25) is 5.95 Å². The molecule has 0 aliphatic rings. The van der Waals surface area contributed by atoms with Gasteiger partial charge in [0, 0.05) is 0 Å². The molecule has 0 aliphatic carbocycles. The fourth-order valence-electron chi connectivity index (χ4n) is 1.28. The number of nitrogens with one attached hydrogen (secondary N) is 1. The minimum atomic E-state index is -0.563. The van der Waals surface area contributed by atoms with Gasteiger partial charge in [-0.05, 0) is 5.56 Å². The van der Waals surface area contributed by atoms with Crippen LogP contribution in [0, 0.1) is 0 Å². The van der Waals surface area contributed by atoms with Crippen molar-refractivity contribution in [2.24, 2.45) is 0 Å². The summed E-state index contributed by atoms with van der Waals surface area (Å²) in [5, 5.41) is 2.50. The third kappa shape index (κ3) is 3.44. The second-order valence-electron chi connectivity index (χ2n) is 3.52. The molecule has 0 spiro atoms. The maximum Gasteiger partial charge on any atom is 0.412 e. The molecule has 6 nitrogen and oxygen atoms in total. The summed E-state index contributed by atoms with van der Waals surface area (Å²) in [6, 6.07) is 9.41. The van der Waals surface area contributed by atoms with E-state index in [0.29, 0.717) is 5.69 Å². The van der Waals surface area contributed by atoms with Crippen molar-refractivity contribution in [3.63, 3.8) is 0 Å². The number of aromatic nitrogens is 2. The van der Waals surface area contributed by atoms with E-state index >= 15 is 0 Å². The van der Waals surface area contributed by atoms with Gasteiger partial charge in [-0.1, -0.05) is 30.3 Å². The van der Waals surface area contributed by atoms with Gasteiger partial charge in [0.1, 0.15) is 6.61 Å². The van der Waals surface area contributed by atoms with E-state index in [4.69, 9.17) is 10.5 Å². The van der Waals surface area contributed by atoms with Crippen molar-refractivity contribution in [1.29, 1.82) is 0 Å². The number of carbonyl (C=O) groups is 1. The van der Waals surface area contributed by atoms with Gasteiger partial charge in [0.05, 0.1) is 18.1 Å². The topological polar surface area (TPSA) is 90.1 Å². The van der Waals surface area contributed by atoms with E-state index in [-0.39, 0.29) is 12.6 Å². The summed E-state index contributed by atoms with van der Waals surface area (Å²) < 4.78 is 5.03. The highest BCUT2D eigenvalue weighted by Gasteiger charge is 2.04. The molecule has 6 heteroatoms. The normalized spacial score (nSPS) is 9.78. The smallest absolute Gasteiger partial charge is 0.412 e. The highest BCUT2D eigenvalue weighted by Crippen LogP contribution is 2.05. The van der Waals surface area contributed by atoms with Crippen molar-refractivity contribution >= 4 is 17.7 Å². The van der Waals surface area contributed by atoms with E-state index in [1.807, 2.05) is 30.3 Å². The van der Waals surface area contributed by atoms with Crippen molar-refractivity contribution in [3.05, 3.63) is 48.3 Å². The highest BCUT2D eigenvalue weighted by atomic mass is 16.5. The van der Waals surface area contributed by atoms with Gasteiger partial charge >= 0.3 is 6.09 Å². The molecule has 0 bridgehead atoms. The molecule has 0 saturated carbocycles. The van der Waals surface area contributed by atoms with E-state index < -0.39 is 6.09 Å². The van der Waals surface area contributed by atoms with Crippen LogP contribution in [0.2, 0.25) is 0 Å². The minimum Gasteiger partial charge on any atom is -0.444 e. The predicted molar refractivity (Wildman–Crippen MR) is 66.7 cm³/mol. The maximum absolute atomic E-state index is 11.5. The number of ether oxygens (including phenoxy) is 1. The predicted octanol–water partition coefficient (Wildman–Crippen LogP) is 1.81. The van der Waals surface area contributed by atoms with Crippen LogP contribution in [0.3, 0.4) is 0 Å². The van der Waals surface area contributed by atoms with Crippen LogP contribution in [0.25, 0.3) is 0 Å². The molecule has 0 radical (unpaired) electrons. The first-order valence-corrected chi connectivity index (χ1v) is 5.29. The second kappa shape index (κ2) is 5.62.